The van der Waals surface area contributed by atoms with E-state index in [-0.39, 0.29) is 5.60 Å². The van der Waals surface area contributed by atoms with Gasteiger partial charge in [0.25, 0.3) is 0 Å². The molecule has 1 aromatic heterocycles. The minimum Gasteiger partial charge on any atom is -0.370 e. The van der Waals surface area contributed by atoms with Gasteiger partial charge in [-0.3, -0.25) is 0 Å². The lowest BCUT2D eigenvalue weighted by Gasteiger charge is -2.31. The van der Waals surface area contributed by atoms with Gasteiger partial charge in [-0.25, -0.2) is 9.97 Å². The van der Waals surface area contributed by atoms with Crippen molar-refractivity contribution in [1.82, 2.24) is 9.97 Å². The second kappa shape index (κ2) is 6.85. The average Bonchev–Trinajstić information content (AvgIpc) is 2.67. The van der Waals surface area contributed by atoms with E-state index < -0.39 is 0 Å². The van der Waals surface area contributed by atoms with Gasteiger partial charge in [0.2, 0.25) is 0 Å². The third-order valence-corrected chi connectivity index (χ3v) is 3.75. The lowest BCUT2D eigenvalue weighted by atomic mass is 9.93. The highest BCUT2D eigenvalue weighted by Gasteiger charge is 2.36. The van der Waals surface area contributed by atoms with Crippen LogP contribution in [0.15, 0.2) is 12.3 Å². The van der Waals surface area contributed by atoms with E-state index in [1.165, 1.54) is 25.7 Å². The Morgan fingerprint density at radius 3 is 2.58 bits per heavy atom. The molecule has 0 unspecified atom stereocenters. The predicted octanol–water partition coefficient (Wildman–Crippen LogP) is 3.49. The molecule has 19 heavy (non-hydrogen) atoms. The van der Waals surface area contributed by atoms with Gasteiger partial charge in [-0.15, -0.1) is 0 Å². The van der Waals surface area contributed by atoms with Gasteiger partial charge in [-0.2, -0.15) is 0 Å². The van der Waals surface area contributed by atoms with Crippen molar-refractivity contribution < 1.29 is 4.74 Å². The zero-order valence-corrected chi connectivity index (χ0v) is 12.1. The Morgan fingerprint density at radius 2 is 1.95 bits per heavy atom. The van der Waals surface area contributed by atoms with Crippen LogP contribution in [-0.4, -0.2) is 23.1 Å². The highest BCUT2D eigenvalue weighted by molar-refractivity contribution is 5.33. The first-order valence-electron chi connectivity index (χ1n) is 7.52. The SMILES string of the molecule is CCNc1ccnc(C2(OCC)CCCCCC2)n1. The number of hydrogen-bond acceptors (Lipinski definition) is 4. The van der Waals surface area contributed by atoms with Crippen molar-refractivity contribution in [2.45, 2.75) is 58.0 Å². The minimum atomic E-state index is -0.267. The van der Waals surface area contributed by atoms with Crippen molar-refractivity contribution in [1.29, 1.82) is 0 Å². The normalized spacial score (nSPS) is 18.8. The standard InChI is InChI=1S/C15H25N3O/c1-3-16-13-9-12-17-14(18-13)15(19-4-2)10-7-5-6-8-11-15/h9,12H,3-8,10-11H2,1-2H3,(H,16,17,18). The summed E-state index contributed by atoms with van der Waals surface area (Å²) in [7, 11) is 0. The number of hydrogen-bond donors (Lipinski definition) is 1. The Balaban J connectivity index is 2.28. The highest BCUT2D eigenvalue weighted by Crippen LogP contribution is 2.37. The van der Waals surface area contributed by atoms with Gasteiger partial charge in [0.05, 0.1) is 0 Å². The van der Waals surface area contributed by atoms with Crippen LogP contribution >= 0.6 is 0 Å². The smallest absolute Gasteiger partial charge is 0.162 e. The number of nitrogens with zero attached hydrogens (tertiary/aromatic N) is 2. The van der Waals surface area contributed by atoms with Crippen LogP contribution < -0.4 is 5.32 Å². The summed E-state index contributed by atoms with van der Waals surface area (Å²) in [6, 6.07) is 1.92. The van der Waals surface area contributed by atoms with E-state index in [0.29, 0.717) is 0 Å². The van der Waals surface area contributed by atoms with Gasteiger partial charge in [0.15, 0.2) is 5.82 Å². The molecule has 4 heteroatoms. The summed E-state index contributed by atoms with van der Waals surface area (Å²) in [5.41, 5.74) is -0.267. The largest absolute Gasteiger partial charge is 0.370 e. The van der Waals surface area contributed by atoms with Crippen LogP contribution in [0, 0.1) is 0 Å². The first-order valence-corrected chi connectivity index (χ1v) is 7.52. The van der Waals surface area contributed by atoms with Crippen LogP contribution in [-0.2, 0) is 10.3 Å². The summed E-state index contributed by atoms with van der Waals surface area (Å²) in [4.78, 5) is 9.17. The minimum absolute atomic E-state index is 0.267. The average molecular weight is 263 g/mol. The van der Waals surface area contributed by atoms with E-state index in [1.807, 2.05) is 12.3 Å². The molecule has 1 aromatic rings. The molecular formula is C15H25N3O. The Bertz CT molecular complexity index is 387. The summed E-state index contributed by atoms with van der Waals surface area (Å²) in [6.45, 7) is 5.72. The first kappa shape index (κ1) is 14.3. The molecule has 1 aliphatic rings. The molecular weight excluding hydrogens is 238 g/mol. The Morgan fingerprint density at radius 1 is 1.21 bits per heavy atom. The second-order valence-electron chi connectivity index (χ2n) is 5.14. The molecule has 0 radical (unpaired) electrons. The van der Waals surface area contributed by atoms with E-state index in [1.54, 1.807) is 0 Å². The first-order chi connectivity index (χ1) is 9.30. The van der Waals surface area contributed by atoms with Crippen molar-refractivity contribution in [3.8, 4) is 0 Å². The number of rotatable bonds is 5. The number of anilines is 1. The number of nitrogens with one attached hydrogen (secondary N) is 1. The van der Waals surface area contributed by atoms with Gasteiger partial charge < -0.3 is 10.1 Å². The van der Waals surface area contributed by atoms with Crippen molar-refractivity contribution in [3.05, 3.63) is 18.1 Å². The summed E-state index contributed by atoms with van der Waals surface area (Å²) in [5.74, 6) is 1.76. The molecule has 0 amide bonds. The Kier molecular flexibility index (Phi) is 5.14. The maximum absolute atomic E-state index is 6.12. The third kappa shape index (κ3) is 3.44. The molecule has 4 nitrogen and oxygen atoms in total. The maximum atomic E-state index is 6.12. The molecule has 2 rings (SSSR count). The molecule has 0 atom stereocenters. The summed E-state index contributed by atoms with van der Waals surface area (Å²) in [5, 5.41) is 3.26. The van der Waals surface area contributed by atoms with Crippen LogP contribution in [0.3, 0.4) is 0 Å². The summed E-state index contributed by atoms with van der Waals surface area (Å²) < 4.78 is 6.12. The van der Waals surface area contributed by atoms with Crippen LogP contribution in [0.1, 0.15) is 58.2 Å². The Labute approximate surface area is 116 Å². The monoisotopic (exact) mass is 263 g/mol. The molecule has 0 aliphatic heterocycles. The summed E-state index contributed by atoms with van der Waals surface area (Å²) >= 11 is 0. The molecule has 1 N–H and O–H groups in total. The van der Waals surface area contributed by atoms with Crippen molar-refractivity contribution in [2.24, 2.45) is 0 Å². The van der Waals surface area contributed by atoms with Crippen molar-refractivity contribution in [3.63, 3.8) is 0 Å². The molecule has 0 aromatic carbocycles. The van der Waals surface area contributed by atoms with Gasteiger partial charge in [-0.1, -0.05) is 25.7 Å². The molecule has 106 valence electrons. The van der Waals surface area contributed by atoms with Gasteiger partial charge in [-0.05, 0) is 32.8 Å². The van der Waals surface area contributed by atoms with Crippen LogP contribution in [0.2, 0.25) is 0 Å². The number of ether oxygens (including phenoxy) is 1. The van der Waals surface area contributed by atoms with E-state index in [2.05, 4.69) is 29.1 Å². The van der Waals surface area contributed by atoms with Crippen LogP contribution in [0.4, 0.5) is 5.82 Å². The molecule has 1 heterocycles. The zero-order chi connectivity index (χ0) is 13.6. The predicted molar refractivity (Wildman–Crippen MR) is 77.2 cm³/mol. The van der Waals surface area contributed by atoms with E-state index >= 15 is 0 Å². The fourth-order valence-electron chi connectivity index (χ4n) is 2.87. The lowest BCUT2D eigenvalue weighted by molar-refractivity contribution is -0.0623. The topological polar surface area (TPSA) is 47.0 Å². The van der Waals surface area contributed by atoms with Crippen molar-refractivity contribution in [2.75, 3.05) is 18.5 Å². The molecule has 1 fully saturated rings. The fraction of sp³-hybridized carbons (Fsp3) is 0.733. The molecule has 0 saturated heterocycles. The van der Waals surface area contributed by atoms with E-state index in [0.717, 1.165) is 37.6 Å². The van der Waals surface area contributed by atoms with Gasteiger partial charge in [0.1, 0.15) is 11.4 Å². The van der Waals surface area contributed by atoms with Crippen LogP contribution in [0.5, 0.6) is 0 Å². The van der Waals surface area contributed by atoms with Crippen molar-refractivity contribution >= 4 is 5.82 Å². The molecule has 0 spiro atoms. The van der Waals surface area contributed by atoms with Gasteiger partial charge >= 0.3 is 0 Å². The summed E-state index contributed by atoms with van der Waals surface area (Å²) in [6.07, 6.45) is 8.91. The maximum Gasteiger partial charge on any atom is 0.162 e. The third-order valence-electron chi connectivity index (χ3n) is 3.75. The van der Waals surface area contributed by atoms with Gasteiger partial charge in [0, 0.05) is 19.3 Å². The number of aromatic nitrogens is 2. The zero-order valence-electron chi connectivity index (χ0n) is 12.1. The van der Waals surface area contributed by atoms with E-state index in [4.69, 9.17) is 4.74 Å². The molecule has 1 aliphatic carbocycles. The lowest BCUT2D eigenvalue weighted by Crippen LogP contribution is -2.32. The molecule has 1 saturated carbocycles. The fourth-order valence-corrected chi connectivity index (χ4v) is 2.87. The highest BCUT2D eigenvalue weighted by atomic mass is 16.5. The Hall–Kier alpha value is -1.16. The molecule has 0 bridgehead atoms. The van der Waals surface area contributed by atoms with E-state index in [9.17, 15) is 0 Å². The second-order valence-corrected chi connectivity index (χ2v) is 5.14. The van der Waals surface area contributed by atoms with Crippen LogP contribution in [0.25, 0.3) is 0 Å². The quantitative estimate of drug-likeness (QED) is 0.826.